The second-order valence-electron chi connectivity index (χ2n) is 3.39. The molecule has 0 saturated carbocycles. The Morgan fingerprint density at radius 1 is 1.60 bits per heavy atom. The molecular weight excluding hydrogens is 214 g/mol. The summed E-state index contributed by atoms with van der Waals surface area (Å²) in [6.45, 7) is 2.94. The fourth-order valence-electron chi connectivity index (χ4n) is 1.44. The van der Waals surface area contributed by atoms with Gasteiger partial charge < -0.3 is 10.1 Å². The van der Waals surface area contributed by atoms with Crippen LogP contribution in [0.1, 0.15) is 26.2 Å². The van der Waals surface area contributed by atoms with Gasteiger partial charge in [-0.3, -0.25) is 9.59 Å². The Bertz CT molecular complexity index is 233. The fraction of sp³-hybridized carbons (Fsp3) is 0.800. The third-order valence-corrected chi connectivity index (χ3v) is 3.45. The molecule has 1 aliphatic rings. The fourth-order valence-corrected chi connectivity index (χ4v) is 2.43. The SMILES string of the molecule is CCOC(=O)CSC1CCCCNC1=O. The Balaban J connectivity index is 2.29. The maximum atomic E-state index is 11.5. The molecule has 0 aromatic heterocycles. The number of hydrogen-bond donors (Lipinski definition) is 1. The van der Waals surface area contributed by atoms with E-state index in [9.17, 15) is 9.59 Å². The summed E-state index contributed by atoms with van der Waals surface area (Å²) in [6, 6.07) is 0. The predicted molar refractivity (Wildman–Crippen MR) is 59.7 cm³/mol. The molecule has 1 rings (SSSR count). The molecule has 1 fully saturated rings. The lowest BCUT2D eigenvalue weighted by Gasteiger charge is -2.11. The highest BCUT2D eigenvalue weighted by Gasteiger charge is 2.21. The lowest BCUT2D eigenvalue weighted by molar-refractivity contribution is -0.139. The van der Waals surface area contributed by atoms with Gasteiger partial charge in [0, 0.05) is 6.54 Å². The van der Waals surface area contributed by atoms with Gasteiger partial charge in [0.15, 0.2) is 0 Å². The molecule has 1 unspecified atom stereocenters. The summed E-state index contributed by atoms with van der Waals surface area (Å²) in [4.78, 5) is 22.6. The number of carbonyl (C=O) groups excluding carboxylic acids is 2. The highest BCUT2D eigenvalue weighted by atomic mass is 32.2. The zero-order chi connectivity index (χ0) is 11.1. The number of ether oxygens (including phenoxy) is 1. The van der Waals surface area contributed by atoms with E-state index >= 15 is 0 Å². The van der Waals surface area contributed by atoms with Crippen molar-refractivity contribution in [1.29, 1.82) is 0 Å². The molecule has 0 spiro atoms. The van der Waals surface area contributed by atoms with E-state index in [-0.39, 0.29) is 22.9 Å². The summed E-state index contributed by atoms with van der Waals surface area (Å²) in [5, 5.41) is 2.75. The molecule has 4 nitrogen and oxygen atoms in total. The van der Waals surface area contributed by atoms with Gasteiger partial charge in [-0.2, -0.15) is 0 Å². The van der Waals surface area contributed by atoms with E-state index in [1.807, 2.05) is 0 Å². The van der Waals surface area contributed by atoms with Crippen molar-refractivity contribution in [3.05, 3.63) is 0 Å². The van der Waals surface area contributed by atoms with Gasteiger partial charge in [0.05, 0.1) is 17.6 Å². The minimum atomic E-state index is -0.237. The van der Waals surface area contributed by atoms with Gasteiger partial charge in [-0.05, 0) is 19.8 Å². The number of thioether (sulfide) groups is 1. The summed E-state index contributed by atoms with van der Waals surface area (Å²) >= 11 is 1.38. The van der Waals surface area contributed by atoms with Crippen LogP contribution >= 0.6 is 11.8 Å². The van der Waals surface area contributed by atoms with E-state index < -0.39 is 0 Å². The first kappa shape index (κ1) is 12.4. The van der Waals surface area contributed by atoms with Gasteiger partial charge >= 0.3 is 5.97 Å². The van der Waals surface area contributed by atoms with E-state index in [0.29, 0.717) is 6.61 Å². The number of esters is 1. The number of nitrogens with one attached hydrogen (secondary N) is 1. The van der Waals surface area contributed by atoms with Crippen molar-refractivity contribution < 1.29 is 14.3 Å². The summed E-state index contributed by atoms with van der Waals surface area (Å²) < 4.78 is 4.81. The van der Waals surface area contributed by atoms with Gasteiger partial charge in [-0.1, -0.05) is 6.42 Å². The third-order valence-electron chi connectivity index (χ3n) is 2.19. The van der Waals surface area contributed by atoms with Crippen LogP contribution in [-0.2, 0) is 14.3 Å². The molecule has 15 heavy (non-hydrogen) atoms. The highest BCUT2D eigenvalue weighted by Crippen LogP contribution is 2.19. The molecule has 86 valence electrons. The number of rotatable bonds is 4. The molecule has 0 bridgehead atoms. The molecule has 5 heteroatoms. The van der Waals surface area contributed by atoms with Gasteiger partial charge in [-0.25, -0.2) is 0 Å². The maximum Gasteiger partial charge on any atom is 0.315 e. The molecule has 1 atom stereocenters. The van der Waals surface area contributed by atoms with Crippen LogP contribution in [0.2, 0.25) is 0 Å². The predicted octanol–water partition coefficient (Wildman–Crippen LogP) is 0.951. The van der Waals surface area contributed by atoms with Crippen LogP contribution in [0.15, 0.2) is 0 Å². The maximum absolute atomic E-state index is 11.5. The molecular formula is C10H17NO3S. The Morgan fingerprint density at radius 3 is 3.13 bits per heavy atom. The number of carbonyl (C=O) groups is 2. The second-order valence-corrected chi connectivity index (χ2v) is 4.58. The smallest absolute Gasteiger partial charge is 0.315 e. The van der Waals surface area contributed by atoms with E-state index in [0.717, 1.165) is 25.8 Å². The van der Waals surface area contributed by atoms with Crippen LogP contribution in [0.3, 0.4) is 0 Å². The van der Waals surface area contributed by atoms with E-state index in [1.54, 1.807) is 6.92 Å². The van der Waals surface area contributed by atoms with Crippen molar-refractivity contribution >= 4 is 23.6 Å². The lowest BCUT2D eigenvalue weighted by atomic mass is 10.2. The van der Waals surface area contributed by atoms with Gasteiger partial charge in [0.1, 0.15) is 0 Å². The minimum absolute atomic E-state index is 0.0572. The molecule has 1 amide bonds. The molecule has 1 N–H and O–H groups in total. The molecule has 1 saturated heterocycles. The third kappa shape index (κ3) is 4.55. The van der Waals surface area contributed by atoms with Crippen molar-refractivity contribution in [1.82, 2.24) is 5.32 Å². The average Bonchev–Trinajstić information content (AvgIpc) is 2.41. The van der Waals surface area contributed by atoms with Crippen LogP contribution < -0.4 is 5.32 Å². The summed E-state index contributed by atoms with van der Waals surface area (Å²) in [6.07, 6.45) is 2.93. The largest absolute Gasteiger partial charge is 0.465 e. The first-order valence-corrected chi connectivity index (χ1v) is 6.34. The normalized spacial score (nSPS) is 21.7. The van der Waals surface area contributed by atoms with Gasteiger partial charge in [-0.15, -0.1) is 11.8 Å². The van der Waals surface area contributed by atoms with Crippen molar-refractivity contribution in [3.8, 4) is 0 Å². The van der Waals surface area contributed by atoms with Gasteiger partial charge in [0.25, 0.3) is 0 Å². The Morgan fingerprint density at radius 2 is 2.40 bits per heavy atom. The second kappa shape index (κ2) is 6.71. The van der Waals surface area contributed by atoms with Crippen LogP contribution in [0.5, 0.6) is 0 Å². The minimum Gasteiger partial charge on any atom is -0.465 e. The monoisotopic (exact) mass is 231 g/mol. The highest BCUT2D eigenvalue weighted by molar-refractivity contribution is 8.01. The van der Waals surface area contributed by atoms with Crippen LogP contribution in [0, 0.1) is 0 Å². The zero-order valence-corrected chi connectivity index (χ0v) is 9.77. The Kier molecular flexibility index (Phi) is 5.53. The summed E-state index contributed by atoms with van der Waals surface area (Å²) in [5.74, 6) is 0.0905. The van der Waals surface area contributed by atoms with Crippen molar-refractivity contribution in [2.24, 2.45) is 0 Å². The average molecular weight is 231 g/mol. The first-order chi connectivity index (χ1) is 7.24. The van der Waals surface area contributed by atoms with Crippen LogP contribution in [-0.4, -0.2) is 36.0 Å². The van der Waals surface area contributed by atoms with E-state index in [2.05, 4.69) is 5.32 Å². The molecule has 0 aromatic carbocycles. The molecule has 1 aliphatic heterocycles. The molecule has 0 aromatic rings. The van der Waals surface area contributed by atoms with Gasteiger partial charge in [0.2, 0.25) is 5.91 Å². The standard InChI is InChI=1S/C10H17NO3S/c1-2-14-9(12)7-15-8-5-3-4-6-11-10(8)13/h8H,2-7H2,1H3,(H,11,13). The van der Waals surface area contributed by atoms with Crippen LogP contribution in [0.4, 0.5) is 0 Å². The van der Waals surface area contributed by atoms with Crippen molar-refractivity contribution in [2.75, 3.05) is 18.9 Å². The summed E-state index contributed by atoms with van der Waals surface area (Å²) in [5.41, 5.74) is 0. The topological polar surface area (TPSA) is 55.4 Å². The van der Waals surface area contributed by atoms with Crippen molar-refractivity contribution in [3.63, 3.8) is 0 Å². The van der Waals surface area contributed by atoms with E-state index in [1.165, 1.54) is 11.8 Å². The zero-order valence-electron chi connectivity index (χ0n) is 8.95. The molecule has 1 heterocycles. The molecule has 0 radical (unpaired) electrons. The summed E-state index contributed by atoms with van der Waals surface area (Å²) in [7, 11) is 0. The molecule has 0 aliphatic carbocycles. The Hall–Kier alpha value is -0.710. The van der Waals surface area contributed by atoms with Crippen LogP contribution in [0.25, 0.3) is 0 Å². The van der Waals surface area contributed by atoms with Crippen molar-refractivity contribution in [2.45, 2.75) is 31.4 Å². The Labute approximate surface area is 94.1 Å². The van der Waals surface area contributed by atoms with E-state index in [4.69, 9.17) is 4.74 Å². The quantitative estimate of drug-likeness (QED) is 0.732. The number of amides is 1. The first-order valence-electron chi connectivity index (χ1n) is 5.29. The number of hydrogen-bond acceptors (Lipinski definition) is 4. The lowest BCUT2D eigenvalue weighted by Crippen LogP contribution is -2.31.